The molecule has 3 rings (SSSR count). The Morgan fingerprint density at radius 3 is 2.62 bits per heavy atom. The zero-order valence-corrected chi connectivity index (χ0v) is 16.8. The lowest BCUT2D eigenvalue weighted by Crippen LogP contribution is -2.28. The van der Waals surface area contributed by atoms with Crippen LogP contribution in [0.5, 0.6) is 5.75 Å². The summed E-state index contributed by atoms with van der Waals surface area (Å²) in [6.45, 7) is 6.87. The van der Waals surface area contributed by atoms with Gasteiger partial charge in [-0.15, -0.1) is 0 Å². The molecule has 0 saturated carbocycles. The van der Waals surface area contributed by atoms with E-state index in [-0.39, 0.29) is 18.9 Å². The quantitative estimate of drug-likeness (QED) is 0.593. The molecule has 0 aliphatic carbocycles. The number of hydrogen-bond acceptors (Lipinski definition) is 6. The van der Waals surface area contributed by atoms with Crippen LogP contribution < -0.4 is 4.74 Å². The van der Waals surface area contributed by atoms with Crippen molar-refractivity contribution in [2.75, 3.05) is 13.2 Å². The van der Waals surface area contributed by atoms with Crippen LogP contribution >= 0.6 is 0 Å². The van der Waals surface area contributed by atoms with E-state index in [0.29, 0.717) is 28.1 Å². The van der Waals surface area contributed by atoms with Gasteiger partial charge in [0.25, 0.3) is 0 Å². The molecule has 2 heterocycles. The molecule has 0 fully saturated rings. The van der Waals surface area contributed by atoms with Gasteiger partial charge in [0.1, 0.15) is 12.4 Å². The third-order valence-corrected chi connectivity index (χ3v) is 4.71. The van der Waals surface area contributed by atoms with E-state index in [0.717, 1.165) is 5.56 Å². The van der Waals surface area contributed by atoms with Crippen molar-refractivity contribution < 1.29 is 28.6 Å². The number of hydrogen-bond donors (Lipinski definition) is 1. The predicted molar refractivity (Wildman–Crippen MR) is 106 cm³/mol. The van der Waals surface area contributed by atoms with Crippen LogP contribution in [0.4, 0.5) is 0 Å². The number of benzene rings is 1. The largest absolute Gasteiger partial charge is 0.488 e. The highest BCUT2D eigenvalue weighted by molar-refractivity contribution is 6.05. The summed E-state index contributed by atoms with van der Waals surface area (Å²) < 4.78 is 16.0. The average molecular weight is 397 g/mol. The SMILES string of the molecule is CCOC(=O)c1c(C)[nH]c(C(=O)[C@@H](C)OC(=O)C2=Cc3ccccc3OC2)c1C. The van der Waals surface area contributed by atoms with Crippen LogP contribution in [0, 0.1) is 13.8 Å². The number of fused-ring (bicyclic) bond motifs is 1. The lowest BCUT2D eigenvalue weighted by molar-refractivity contribution is -0.141. The number of carbonyl (C=O) groups is 3. The maximum Gasteiger partial charge on any atom is 0.340 e. The normalized spacial score (nSPS) is 13.6. The Morgan fingerprint density at radius 1 is 1.17 bits per heavy atom. The van der Waals surface area contributed by atoms with Gasteiger partial charge in [-0.2, -0.15) is 0 Å². The van der Waals surface area contributed by atoms with E-state index in [4.69, 9.17) is 14.2 Å². The molecule has 0 bridgehead atoms. The van der Waals surface area contributed by atoms with Crippen molar-refractivity contribution in [3.63, 3.8) is 0 Å². The van der Waals surface area contributed by atoms with Gasteiger partial charge in [0.05, 0.1) is 23.4 Å². The maximum atomic E-state index is 12.8. The Morgan fingerprint density at radius 2 is 1.90 bits per heavy atom. The highest BCUT2D eigenvalue weighted by atomic mass is 16.6. The number of rotatable bonds is 6. The Hall–Kier alpha value is -3.35. The third-order valence-electron chi connectivity index (χ3n) is 4.71. The number of aromatic nitrogens is 1. The molecular formula is C22H23NO6. The molecule has 1 aliphatic rings. The van der Waals surface area contributed by atoms with Crippen molar-refractivity contribution in [3.05, 3.63) is 57.9 Å². The fourth-order valence-corrected chi connectivity index (χ4v) is 3.23. The zero-order valence-electron chi connectivity index (χ0n) is 16.8. The van der Waals surface area contributed by atoms with Gasteiger partial charge >= 0.3 is 11.9 Å². The van der Waals surface area contributed by atoms with Crippen LogP contribution in [0.2, 0.25) is 0 Å². The molecule has 0 saturated heterocycles. The van der Waals surface area contributed by atoms with Crippen LogP contribution in [-0.4, -0.2) is 42.0 Å². The average Bonchev–Trinajstić information content (AvgIpc) is 3.01. The number of ketones is 1. The monoisotopic (exact) mass is 397 g/mol. The van der Waals surface area contributed by atoms with Crippen molar-refractivity contribution in [2.45, 2.75) is 33.8 Å². The molecule has 29 heavy (non-hydrogen) atoms. The van der Waals surface area contributed by atoms with Gasteiger partial charge in [-0.1, -0.05) is 18.2 Å². The highest BCUT2D eigenvalue weighted by Crippen LogP contribution is 2.27. The van der Waals surface area contributed by atoms with Crippen molar-refractivity contribution in [3.8, 4) is 5.75 Å². The Balaban J connectivity index is 1.75. The third kappa shape index (κ3) is 4.08. The number of Topliss-reactive ketones (excluding diaryl/α,β-unsaturated/α-hetero) is 1. The van der Waals surface area contributed by atoms with Crippen LogP contribution in [0.1, 0.15) is 51.5 Å². The van der Waals surface area contributed by atoms with Crippen LogP contribution in [0.25, 0.3) is 6.08 Å². The fraction of sp³-hybridized carbons (Fsp3) is 0.318. The molecule has 0 unspecified atom stereocenters. The summed E-state index contributed by atoms with van der Waals surface area (Å²) in [7, 11) is 0. The Labute approximate surface area is 168 Å². The molecule has 0 radical (unpaired) electrons. The van der Waals surface area contributed by atoms with E-state index in [1.807, 2.05) is 24.3 Å². The minimum atomic E-state index is -1.03. The Kier molecular flexibility index (Phi) is 5.87. The summed E-state index contributed by atoms with van der Waals surface area (Å²) in [6.07, 6.45) is 0.661. The second kappa shape index (κ2) is 8.34. The molecule has 1 aromatic carbocycles. The summed E-state index contributed by atoms with van der Waals surface area (Å²) in [5.74, 6) is -0.845. The van der Waals surface area contributed by atoms with E-state index < -0.39 is 23.8 Å². The van der Waals surface area contributed by atoms with E-state index in [9.17, 15) is 14.4 Å². The van der Waals surface area contributed by atoms with Crippen molar-refractivity contribution in [2.24, 2.45) is 0 Å². The number of aryl methyl sites for hydroxylation is 1. The molecule has 7 heteroatoms. The van der Waals surface area contributed by atoms with Crippen molar-refractivity contribution in [1.29, 1.82) is 0 Å². The van der Waals surface area contributed by atoms with Gasteiger partial charge in [-0.3, -0.25) is 4.79 Å². The van der Waals surface area contributed by atoms with Gasteiger partial charge in [-0.05, 0) is 45.4 Å². The van der Waals surface area contributed by atoms with Crippen LogP contribution in [0.15, 0.2) is 29.8 Å². The molecule has 0 spiro atoms. The van der Waals surface area contributed by atoms with Gasteiger partial charge in [0.2, 0.25) is 5.78 Å². The van der Waals surface area contributed by atoms with Gasteiger partial charge in [0.15, 0.2) is 6.10 Å². The zero-order chi connectivity index (χ0) is 21.1. The molecule has 1 aromatic heterocycles. The van der Waals surface area contributed by atoms with Gasteiger partial charge < -0.3 is 19.2 Å². The Bertz CT molecular complexity index is 1000. The van der Waals surface area contributed by atoms with Crippen molar-refractivity contribution >= 4 is 23.8 Å². The van der Waals surface area contributed by atoms with Gasteiger partial charge in [-0.25, -0.2) is 9.59 Å². The number of esters is 2. The number of H-pyrrole nitrogens is 1. The first-order valence-electron chi connectivity index (χ1n) is 9.37. The lowest BCUT2D eigenvalue weighted by Gasteiger charge is -2.18. The minimum absolute atomic E-state index is 0.0738. The molecule has 1 aliphatic heterocycles. The van der Waals surface area contributed by atoms with E-state index >= 15 is 0 Å². The molecule has 1 atom stereocenters. The second-order valence-electron chi connectivity index (χ2n) is 6.75. The summed E-state index contributed by atoms with van der Waals surface area (Å²) in [6, 6.07) is 7.34. The summed E-state index contributed by atoms with van der Waals surface area (Å²) in [5.41, 5.74) is 2.67. The second-order valence-corrected chi connectivity index (χ2v) is 6.75. The predicted octanol–water partition coefficient (Wildman–Crippen LogP) is 3.40. The molecular weight excluding hydrogens is 374 g/mol. The van der Waals surface area contributed by atoms with Crippen molar-refractivity contribution in [1.82, 2.24) is 4.98 Å². The number of carbonyl (C=O) groups excluding carboxylic acids is 3. The number of nitrogens with one attached hydrogen (secondary N) is 1. The summed E-state index contributed by atoms with van der Waals surface area (Å²) in [4.78, 5) is 40.3. The number of ether oxygens (including phenoxy) is 3. The molecule has 1 N–H and O–H groups in total. The highest BCUT2D eigenvalue weighted by Gasteiger charge is 2.29. The number of para-hydroxylation sites is 1. The topological polar surface area (TPSA) is 94.7 Å². The first kappa shape index (κ1) is 20.4. The molecule has 152 valence electrons. The number of aromatic amines is 1. The summed E-state index contributed by atoms with van der Waals surface area (Å²) in [5, 5.41) is 0. The lowest BCUT2D eigenvalue weighted by atomic mass is 10.1. The molecule has 2 aromatic rings. The van der Waals surface area contributed by atoms with E-state index in [1.165, 1.54) is 6.92 Å². The first-order valence-corrected chi connectivity index (χ1v) is 9.37. The maximum absolute atomic E-state index is 12.8. The van der Waals surface area contributed by atoms with Gasteiger partial charge in [0, 0.05) is 11.3 Å². The van der Waals surface area contributed by atoms with Crippen LogP contribution in [-0.2, 0) is 14.3 Å². The summed E-state index contributed by atoms with van der Waals surface area (Å²) >= 11 is 0. The fourth-order valence-electron chi connectivity index (χ4n) is 3.23. The minimum Gasteiger partial charge on any atom is -0.488 e. The first-order chi connectivity index (χ1) is 13.8. The molecule has 7 nitrogen and oxygen atoms in total. The van der Waals surface area contributed by atoms with E-state index in [2.05, 4.69) is 4.98 Å². The molecule has 0 amide bonds. The smallest absolute Gasteiger partial charge is 0.340 e. The standard InChI is InChI=1S/C22H23NO6/c1-5-27-22(26)18-12(2)19(23-13(18)3)20(24)14(4)29-21(25)16-10-15-8-6-7-9-17(15)28-11-16/h6-10,14,23H,5,11H2,1-4H3/t14-/m1/s1. The van der Waals surface area contributed by atoms with E-state index in [1.54, 1.807) is 26.8 Å². The van der Waals surface area contributed by atoms with Crippen LogP contribution in [0.3, 0.4) is 0 Å².